The summed E-state index contributed by atoms with van der Waals surface area (Å²) in [5.74, 6) is -0.809. The van der Waals surface area contributed by atoms with E-state index in [0.29, 0.717) is 23.3 Å². The maximum Gasteiger partial charge on any atom is 0.355 e. The van der Waals surface area contributed by atoms with Gasteiger partial charge in [-0.2, -0.15) is 0 Å². The van der Waals surface area contributed by atoms with Gasteiger partial charge in [0.15, 0.2) is 5.69 Å². The van der Waals surface area contributed by atoms with Gasteiger partial charge in [-0.3, -0.25) is 9.69 Å². The fraction of sp³-hybridized carbons (Fsp3) is 0.300. The molecule has 2 heterocycles. The summed E-state index contributed by atoms with van der Waals surface area (Å²) in [5, 5.41) is 8.95. The highest BCUT2D eigenvalue weighted by Crippen LogP contribution is 2.26. The van der Waals surface area contributed by atoms with Crippen molar-refractivity contribution in [3.05, 3.63) is 22.3 Å². The third kappa shape index (κ3) is 2.50. The molecule has 7 heteroatoms. The molecule has 1 N–H and O–H groups in total. The molecule has 0 radical (unpaired) electrons. The number of aromatic nitrogens is 1. The van der Waals surface area contributed by atoms with Crippen LogP contribution in [0, 0.1) is 0 Å². The number of pyridine rings is 1. The first-order valence-corrected chi connectivity index (χ1v) is 6.54. The second-order valence-corrected chi connectivity index (χ2v) is 5.76. The number of nitrogens with zero attached hydrogens (tertiary/aromatic N) is 2. The summed E-state index contributed by atoms with van der Waals surface area (Å²) in [4.78, 5) is 28.1. The zero-order valence-electron chi connectivity index (χ0n) is 8.56. The number of anilines is 1. The second kappa shape index (κ2) is 4.73. The third-order valence-corrected chi connectivity index (χ3v) is 3.64. The molecule has 17 heavy (non-hydrogen) atoms. The molecule has 0 bridgehead atoms. The maximum absolute atomic E-state index is 11.6. The Bertz CT molecular complexity index is 492. The quantitative estimate of drug-likeness (QED) is 0.816. The molecule has 1 aromatic heterocycles. The molecule has 0 aliphatic carbocycles. The first-order valence-electron chi connectivity index (χ1n) is 4.83. The molecule has 90 valence electrons. The van der Waals surface area contributed by atoms with Crippen molar-refractivity contribution in [3.63, 3.8) is 0 Å². The zero-order chi connectivity index (χ0) is 12.6. The minimum atomic E-state index is -1.12. The summed E-state index contributed by atoms with van der Waals surface area (Å²) in [7, 11) is 0. The summed E-state index contributed by atoms with van der Waals surface area (Å²) < 4.78 is 0.399. The van der Waals surface area contributed by atoms with Gasteiger partial charge >= 0.3 is 5.97 Å². The molecule has 1 fully saturated rings. The number of rotatable bonds is 2. The molecule has 1 amide bonds. The standard InChI is InChI=1S/C10H8Br2N2O3/c11-5-3-8(15)14(4-5)7-2-1-6(12)9(13-7)10(16)17/h1-2,5H,3-4H2,(H,16,17). The topological polar surface area (TPSA) is 70.5 Å². The van der Waals surface area contributed by atoms with Crippen molar-refractivity contribution in [2.75, 3.05) is 11.4 Å². The highest BCUT2D eigenvalue weighted by atomic mass is 79.9. The third-order valence-electron chi connectivity index (χ3n) is 2.39. The summed E-state index contributed by atoms with van der Waals surface area (Å²) in [6.45, 7) is 0.506. The lowest BCUT2D eigenvalue weighted by molar-refractivity contribution is -0.117. The zero-order valence-corrected chi connectivity index (χ0v) is 11.7. The van der Waals surface area contributed by atoms with Crippen molar-refractivity contribution in [3.8, 4) is 0 Å². The van der Waals surface area contributed by atoms with E-state index >= 15 is 0 Å². The SMILES string of the molecule is O=C(O)c1nc(N2CC(Br)CC2=O)ccc1Br. The van der Waals surface area contributed by atoms with Gasteiger partial charge in [0.05, 0.1) is 4.47 Å². The van der Waals surface area contributed by atoms with Crippen LogP contribution >= 0.6 is 31.9 Å². The predicted octanol–water partition coefficient (Wildman–Crippen LogP) is 2.04. The fourth-order valence-corrected chi connectivity index (χ4v) is 2.57. The van der Waals surface area contributed by atoms with Crippen molar-refractivity contribution in [2.45, 2.75) is 11.2 Å². The van der Waals surface area contributed by atoms with Crippen LogP contribution in [0.1, 0.15) is 16.9 Å². The summed E-state index contributed by atoms with van der Waals surface area (Å²) in [6, 6.07) is 3.21. The molecule has 1 saturated heterocycles. The van der Waals surface area contributed by atoms with Gasteiger partial charge in [0.25, 0.3) is 0 Å². The van der Waals surface area contributed by atoms with Crippen molar-refractivity contribution < 1.29 is 14.7 Å². The number of hydrogen-bond acceptors (Lipinski definition) is 3. The molecule has 1 unspecified atom stereocenters. The average Bonchev–Trinajstić information content (AvgIpc) is 2.58. The highest BCUT2D eigenvalue weighted by molar-refractivity contribution is 9.10. The molecule has 1 aromatic rings. The van der Waals surface area contributed by atoms with Gasteiger partial charge in [-0.25, -0.2) is 9.78 Å². The van der Waals surface area contributed by atoms with Gasteiger partial charge in [0, 0.05) is 17.8 Å². The Hall–Kier alpha value is -0.950. The van der Waals surface area contributed by atoms with Crippen LogP contribution in [0.25, 0.3) is 0 Å². The Morgan fingerprint density at radius 2 is 2.24 bits per heavy atom. The Balaban J connectivity index is 2.37. The number of amides is 1. The van der Waals surface area contributed by atoms with Crippen LogP contribution in [-0.4, -0.2) is 33.3 Å². The highest BCUT2D eigenvalue weighted by Gasteiger charge is 2.30. The largest absolute Gasteiger partial charge is 0.476 e. The van der Waals surface area contributed by atoms with Crippen molar-refractivity contribution in [1.29, 1.82) is 0 Å². The van der Waals surface area contributed by atoms with Gasteiger partial charge < -0.3 is 5.11 Å². The van der Waals surface area contributed by atoms with Gasteiger partial charge in [0.2, 0.25) is 5.91 Å². The van der Waals surface area contributed by atoms with E-state index in [1.54, 1.807) is 12.1 Å². The molecule has 2 rings (SSSR count). The van der Waals surface area contributed by atoms with Crippen LogP contribution < -0.4 is 4.90 Å². The van der Waals surface area contributed by atoms with E-state index < -0.39 is 5.97 Å². The summed E-state index contributed by atoms with van der Waals surface area (Å²) in [5.41, 5.74) is -0.0895. The van der Waals surface area contributed by atoms with E-state index in [1.165, 1.54) is 4.90 Å². The van der Waals surface area contributed by atoms with Gasteiger partial charge in [-0.15, -0.1) is 0 Å². The number of alkyl halides is 1. The van der Waals surface area contributed by atoms with Crippen molar-refractivity contribution >= 4 is 49.6 Å². The summed E-state index contributed by atoms with van der Waals surface area (Å²) >= 11 is 6.47. The van der Waals surface area contributed by atoms with Gasteiger partial charge in [0.1, 0.15) is 5.82 Å². The van der Waals surface area contributed by atoms with E-state index in [1.807, 2.05) is 0 Å². The predicted molar refractivity (Wildman–Crippen MR) is 68.6 cm³/mol. The van der Waals surface area contributed by atoms with Gasteiger partial charge in [-0.05, 0) is 28.1 Å². The Morgan fingerprint density at radius 1 is 1.53 bits per heavy atom. The number of hydrogen-bond donors (Lipinski definition) is 1. The Kier molecular flexibility index (Phi) is 3.48. The van der Waals surface area contributed by atoms with Crippen LogP contribution in [0.2, 0.25) is 0 Å². The number of aromatic carboxylic acids is 1. The van der Waals surface area contributed by atoms with E-state index in [4.69, 9.17) is 5.11 Å². The van der Waals surface area contributed by atoms with E-state index in [2.05, 4.69) is 36.8 Å². The normalized spacial score (nSPS) is 19.8. The van der Waals surface area contributed by atoms with Crippen LogP contribution in [-0.2, 0) is 4.79 Å². The molecular formula is C10H8Br2N2O3. The molecule has 1 aliphatic rings. The summed E-state index contributed by atoms with van der Waals surface area (Å²) in [6.07, 6.45) is 0.403. The molecule has 1 aliphatic heterocycles. The fourth-order valence-electron chi connectivity index (χ4n) is 1.62. The lowest BCUT2D eigenvalue weighted by atomic mass is 10.3. The van der Waals surface area contributed by atoms with E-state index in [0.717, 1.165) is 0 Å². The lowest BCUT2D eigenvalue weighted by Crippen LogP contribution is -2.26. The minimum Gasteiger partial charge on any atom is -0.476 e. The first kappa shape index (κ1) is 12.5. The number of carboxylic acid groups (broad SMARTS) is 1. The molecule has 0 saturated carbocycles. The van der Waals surface area contributed by atoms with Crippen LogP contribution in [0.3, 0.4) is 0 Å². The number of carbonyl (C=O) groups excluding carboxylic acids is 1. The minimum absolute atomic E-state index is 0.0574. The van der Waals surface area contributed by atoms with Crippen LogP contribution in [0.15, 0.2) is 16.6 Å². The van der Waals surface area contributed by atoms with Crippen LogP contribution in [0.4, 0.5) is 5.82 Å². The molecule has 0 spiro atoms. The van der Waals surface area contributed by atoms with E-state index in [9.17, 15) is 9.59 Å². The monoisotopic (exact) mass is 362 g/mol. The number of halogens is 2. The number of carbonyl (C=O) groups is 2. The molecule has 1 atom stereocenters. The molecular weight excluding hydrogens is 356 g/mol. The Labute approximate surface area is 114 Å². The van der Waals surface area contributed by atoms with E-state index in [-0.39, 0.29) is 16.4 Å². The Morgan fingerprint density at radius 3 is 2.76 bits per heavy atom. The van der Waals surface area contributed by atoms with Crippen molar-refractivity contribution in [2.24, 2.45) is 0 Å². The first-order chi connectivity index (χ1) is 7.99. The lowest BCUT2D eigenvalue weighted by Gasteiger charge is -2.15. The van der Waals surface area contributed by atoms with Crippen molar-refractivity contribution in [1.82, 2.24) is 4.98 Å². The molecule has 0 aromatic carbocycles. The second-order valence-electron chi connectivity index (χ2n) is 3.61. The average molecular weight is 364 g/mol. The maximum atomic E-state index is 11.6. The van der Waals surface area contributed by atoms with Gasteiger partial charge in [-0.1, -0.05) is 15.9 Å². The number of carboxylic acids is 1. The smallest absolute Gasteiger partial charge is 0.355 e. The molecule has 5 nitrogen and oxygen atoms in total. The van der Waals surface area contributed by atoms with Crippen LogP contribution in [0.5, 0.6) is 0 Å².